The number of aliphatic hydroxyl groups is 3. The first-order valence-corrected chi connectivity index (χ1v) is 22.2. The lowest BCUT2D eigenvalue weighted by Crippen LogP contribution is -2.57. The maximum absolute atomic E-state index is 13.7. The molecule has 362 valence electrons. The zero-order chi connectivity index (χ0) is 48.0. The number of alkyl halides is 3. The Morgan fingerprint density at radius 2 is 1.42 bits per heavy atom. The lowest BCUT2D eigenvalue weighted by molar-refractivity contribution is -0.170. The van der Waals surface area contributed by atoms with Gasteiger partial charge in [0.2, 0.25) is 5.91 Å². The predicted octanol–water partition coefficient (Wildman–Crippen LogP) is 5.11. The molecule has 0 bridgehead atoms. The number of hydrogen-bond acceptors (Lipinski definition) is 12. The third-order valence-corrected chi connectivity index (χ3v) is 11.1. The number of carbonyl (C=O) groups excluding carboxylic acids is 3. The number of pyridine rings is 1. The van der Waals surface area contributed by atoms with Crippen molar-refractivity contribution in [3.05, 3.63) is 101 Å². The fourth-order valence-corrected chi connectivity index (χ4v) is 7.10. The molecule has 18 heteroatoms. The predicted molar refractivity (Wildman–Crippen MR) is 244 cm³/mol. The first-order chi connectivity index (χ1) is 31.8. The fourth-order valence-electron chi connectivity index (χ4n) is 7.10. The molecule has 1 aliphatic carbocycles. The van der Waals surface area contributed by atoms with Gasteiger partial charge in [0.15, 0.2) is 0 Å². The monoisotopic (exact) mass is 927 g/mol. The van der Waals surface area contributed by atoms with E-state index in [1.54, 1.807) is 18.2 Å². The highest BCUT2D eigenvalue weighted by Gasteiger charge is 2.43. The molecule has 0 fully saturated rings. The van der Waals surface area contributed by atoms with Crippen LogP contribution in [0.2, 0.25) is 0 Å². The Morgan fingerprint density at radius 1 is 0.788 bits per heavy atom. The van der Waals surface area contributed by atoms with E-state index < -0.39 is 55.2 Å². The number of ether oxygens (including phenoxy) is 4. The number of aromatic nitrogens is 1. The number of benzene rings is 2. The molecule has 15 nitrogen and oxygen atoms in total. The number of anilines is 2. The van der Waals surface area contributed by atoms with Gasteiger partial charge in [0.25, 0.3) is 11.8 Å². The second kappa shape index (κ2) is 27.4. The highest BCUT2D eigenvalue weighted by atomic mass is 19.4. The third-order valence-electron chi connectivity index (χ3n) is 11.1. The summed E-state index contributed by atoms with van der Waals surface area (Å²) < 4.78 is 62.7. The summed E-state index contributed by atoms with van der Waals surface area (Å²) in [6.45, 7) is 7.89. The zero-order valence-corrected chi connectivity index (χ0v) is 37.9. The molecular formula is C48H64F3N5O10. The van der Waals surface area contributed by atoms with Crippen LogP contribution in [0.15, 0.2) is 84.6 Å². The van der Waals surface area contributed by atoms with E-state index in [4.69, 9.17) is 18.9 Å². The minimum atomic E-state index is -4.39. The van der Waals surface area contributed by atoms with Gasteiger partial charge in [-0.05, 0) is 86.2 Å². The minimum Gasteiger partial charge on any atom is -0.394 e. The van der Waals surface area contributed by atoms with E-state index in [1.165, 1.54) is 25.3 Å². The van der Waals surface area contributed by atoms with E-state index in [0.29, 0.717) is 74.1 Å². The average molecular weight is 928 g/mol. The van der Waals surface area contributed by atoms with Gasteiger partial charge in [0.05, 0.1) is 83.4 Å². The molecule has 0 saturated heterocycles. The summed E-state index contributed by atoms with van der Waals surface area (Å²) >= 11 is 0. The van der Waals surface area contributed by atoms with Crippen molar-refractivity contribution in [2.24, 2.45) is 11.8 Å². The van der Waals surface area contributed by atoms with E-state index in [2.05, 4.69) is 25.8 Å². The summed E-state index contributed by atoms with van der Waals surface area (Å²) in [7, 11) is 0. The first kappa shape index (κ1) is 53.4. The van der Waals surface area contributed by atoms with Crippen LogP contribution in [0.5, 0.6) is 0 Å². The maximum atomic E-state index is 13.7. The van der Waals surface area contributed by atoms with Gasteiger partial charge in [0, 0.05) is 61.2 Å². The number of rotatable bonds is 29. The SMILES string of the molecule is CCN(CC)c1ccc(NC(=O)c2cccc(CCCOCCOCCOCCOCCC(=O)NC(CO)(CO)CO)c2)c(-c2cc(C(=O)NCC3=CC=CC(C(F)(F)F)C3C)ccn2)c1. The topological polar surface area (TPSA) is 201 Å². The van der Waals surface area contributed by atoms with E-state index >= 15 is 0 Å². The number of hydrogen-bond donors (Lipinski definition) is 6. The molecule has 1 aromatic heterocycles. The molecule has 0 aliphatic heterocycles. The number of nitrogens with zero attached hydrogens (tertiary/aromatic N) is 2. The standard InChI is InChI=1S/C48H64F3N5O10/c1-4-56(5-2)39-14-15-42(40(29-39)43-28-37(16-18-52-43)45(61)53-30-38-12-7-13-41(34(38)3)48(49,50)51)54-46(62)36-11-6-9-35(27-36)10-8-19-63-21-23-65-25-26-66-24-22-64-20-17-44(60)55-47(31-57,32-58)33-59/h6-7,9,11-16,18,27-29,34,41,57-59H,4-5,8,10,17,19-26,30-33H2,1-3H3,(H,53,61)(H,54,62)(H,55,60). The third kappa shape index (κ3) is 16.6. The van der Waals surface area contributed by atoms with Crippen LogP contribution < -0.4 is 20.9 Å². The number of nitrogens with one attached hydrogen (secondary N) is 3. The number of carbonyl (C=O) groups is 3. The van der Waals surface area contributed by atoms with Crippen molar-refractivity contribution >= 4 is 29.1 Å². The summed E-state index contributed by atoms with van der Waals surface area (Å²) in [5, 5.41) is 36.1. The highest BCUT2D eigenvalue weighted by molar-refractivity contribution is 6.06. The van der Waals surface area contributed by atoms with Crippen molar-refractivity contribution in [1.29, 1.82) is 0 Å². The Morgan fingerprint density at radius 3 is 2.06 bits per heavy atom. The molecule has 2 atom stereocenters. The van der Waals surface area contributed by atoms with Gasteiger partial charge in [-0.2, -0.15) is 13.2 Å². The van der Waals surface area contributed by atoms with E-state index in [1.807, 2.05) is 50.2 Å². The summed E-state index contributed by atoms with van der Waals surface area (Å²) in [4.78, 5) is 45.7. The largest absolute Gasteiger partial charge is 0.395 e. The molecule has 6 N–H and O–H groups in total. The van der Waals surface area contributed by atoms with E-state index in [0.717, 1.165) is 36.8 Å². The van der Waals surface area contributed by atoms with Gasteiger partial charge in [0.1, 0.15) is 5.54 Å². The zero-order valence-electron chi connectivity index (χ0n) is 37.9. The van der Waals surface area contributed by atoms with Gasteiger partial charge in [-0.1, -0.05) is 37.3 Å². The smallest absolute Gasteiger partial charge is 0.394 e. The van der Waals surface area contributed by atoms with Crippen LogP contribution in [0.3, 0.4) is 0 Å². The van der Waals surface area contributed by atoms with E-state index in [9.17, 15) is 42.9 Å². The summed E-state index contributed by atoms with van der Waals surface area (Å²) in [6, 6.07) is 16.1. The van der Waals surface area contributed by atoms with Gasteiger partial charge >= 0.3 is 6.18 Å². The quantitative estimate of drug-likeness (QED) is 0.0504. The average Bonchev–Trinajstić information content (AvgIpc) is 3.32. The summed E-state index contributed by atoms with van der Waals surface area (Å²) in [6.07, 6.45) is 2.61. The molecule has 2 unspecified atom stereocenters. The molecule has 0 spiro atoms. The van der Waals surface area contributed by atoms with Crippen LogP contribution >= 0.6 is 0 Å². The molecule has 3 aromatic rings. The highest BCUT2D eigenvalue weighted by Crippen LogP contribution is 2.38. The van der Waals surface area contributed by atoms with Crippen molar-refractivity contribution in [2.75, 3.05) is 103 Å². The Kier molecular flexibility index (Phi) is 22.2. The Balaban J connectivity index is 1.21. The van der Waals surface area contributed by atoms with Gasteiger partial charge in [-0.15, -0.1) is 0 Å². The van der Waals surface area contributed by atoms with Crippen molar-refractivity contribution in [2.45, 2.75) is 51.7 Å². The van der Waals surface area contributed by atoms with Crippen molar-refractivity contribution in [1.82, 2.24) is 15.6 Å². The molecule has 0 radical (unpaired) electrons. The molecule has 1 aliphatic rings. The second-order valence-corrected chi connectivity index (χ2v) is 15.8. The Labute approximate surface area is 384 Å². The molecular weight excluding hydrogens is 864 g/mol. The van der Waals surface area contributed by atoms with Crippen LogP contribution in [0.1, 0.15) is 59.9 Å². The molecule has 66 heavy (non-hydrogen) atoms. The number of allylic oxidation sites excluding steroid dienone is 3. The number of aliphatic hydroxyl groups excluding tert-OH is 3. The van der Waals surface area contributed by atoms with Crippen molar-refractivity contribution in [3.63, 3.8) is 0 Å². The van der Waals surface area contributed by atoms with Crippen molar-refractivity contribution in [3.8, 4) is 11.3 Å². The van der Waals surface area contributed by atoms with Crippen LogP contribution in [-0.4, -0.2) is 142 Å². The van der Waals surface area contributed by atoms with Crippen LogP contribution in [0.25, 0.3) is 11.3 Å². The van der Waals surface area contributed by atoms with Crippen LogP contribution in [0.4, 0.5) is 24.5 Å². The maximum Gasteiger partial charge on any atom is 0.395 e. The van der Waals surface area contributed by atoms with Crippen molar-refractivity contribution < 1.29 is 61.8 Å². The minimum absolute atomic E-state index is 0.00434. The number of amides is 3. The second-order valence-electron chi connectivity index (χ2n) is 15.8. The normalized spacial score (nSPS) is 15.0. The Hall–Kier alpha value is -5.21. The molecule has 1 heterocycles. The fraction of sp³-hybridized carbons (Fsp3) is 0.500. The van der Waals surface area contributed by atoms with Gasteiger partial charge in [-0.3, -0.25) is 19.4 Å². The lowest BCUT2D eigenvalue weighted by Gasteiger charge is -2.28. The van der Waals surface area contributed by atoms with Crippen LogP contribution in [-0.2, 0) is 30.2 Å². The van der Waals surface area contributed by atoms with Gasteiger partial charge in [-0.25, -0.2) is 0 Å². The number of halogens is 3. The molecule has 0 saturated carbocycles. The summed E-state index contributed by atoms with van der Waals surface area (Å²) in [5.41, 5.74) is 3.09. The molecule has 3 amide bonds. The number of aryl methyl sites for hydroxylation is 1. The first-order valence-electron chi connectivity index (χ1n) is 22.2. The molecule has 4 rings (SSSR count). The van der Waals surface area contributed by atoms with Gasteiger partial charge < -0.3 is 55.1 Å². The molecule has 2 aromatic carbocycles. The van der Waals surface area contributed by atoms with E-state index in [-0.39, 0.29) is 37.6 Å². The van der Waals surface area contributed by atoms with Crippen LogP contribution in [0, 0.1) is 11.8 Å². The Bertz CT molecular complexity index is 2050. The summed E-state index contributed by atoms with van der Waals surface area (Å²) in [5.74, 6) is -3.71. The lowest BCUT2D eigenvalue weighted by atomic mass is 9.83.